The molecule has 1 N–H and O–H groups in total. The molecule has 2 fully saturated rings. The van der Waals surface area contributed by atoms with Crippen molar-refractivity contribution < 1.29 is 14.1 Å². The number of nitrogens with zero attached hydrogens (tertiary/aromatic N) is 3. The number of hydrogen-bond donors (Lipinski definition) is 1. The summed E-state index contributed by atoms with van der Waals surface area (Å²) in [5, 5.41) is 6.55. The van der Waals surface area contributed by atoms with Crippen LogP contribution in [0.5, 0.6) is 0 Å². The number of carbonyl (C=O) groups excluding carboxylic acids is 1. The SMILES string of the molecule is O=C(NC[C@@]12COC[C@@H]1CN(Cc1cccnc1)C2)c1ccno1. The summed E-state index contributed by atoms with van der Waals surface area (Å²) in [4.78, 5) is 18.7. The monoisotopic (exact) mass is 328 g/mol. The number of pyridine rings is 1. The molecule has 2 aromatic heterocycles. The highest BCUT2D eigenvalue weighted by Crippen LogP contribution is 2.41. The first-order valence-corrected chi connectivity index (χ1v) is 8.13. The van der Waals surface area contributed by atoms with Gasteiger partial charge in [0.25, 0.3) is 5.91 Å². The van der Waals surface area contributed by atoms with Crippen LogP contribution in [0, 0.1) is 11.3 Å². The smallest absolute Gasteiger partial charge is 0.289 e. The average molecular weight is 328 g/mol. The summed E-state index contributed by atoms with van der Waals surface area (Å²) in [6.07, 6.45) is 5.17. The van der Waals surface area contributed by atoms with Crippen LogP contribution in [-0.4, -0.2) is 53.8 Å². The Bertz CT molecular complexity index is 691. The van der Waals surface area contributed by atoms with Gasteiger partial charge in [0, 0.05) is 56.0 Å². The van der Waals surface area contributed by atoms with E-state index in [1.54, 1.807) is 12.3 Å². The van der Waals surface area contributed by atoms with Crippen molar-refractivity contribution in [1.82, 2.24) is 20.4 Å². The highest BCUT2D eigenvalue weighted by molar-refractivity contribution is 5.91. The van der Waals surface area contributed by atoms with Crippen molar-refractivity contribution in [2.45, 2.75) is 6.54 Å². The van der Waals surface area contributed by atoms with Crippen molar-refractivity contribution >= 4 is 5.91 Å². The molecule has 0 saturated carbocycles. The molecule has 126 valence electrons. The van der Waals surface area contributed by atoms with Crippen LogP contribution in [-0.2, 0) is 11.3 Å². The van der Waals surface area contributed by atoms with Crippen LogP contribution in [0.4, 0.5) is 0 Å². The van der Waals surface area contributed by atoms with Gasteiger partial charge in [0.15, 0.2) is 0 Å². The molecule has 2 saturated heterocycles. The lowest BCUT2D eigenvalue weighted by Gasteiger charge is -2.27. The van der Waals surface area contributed by atoms with Gasteiger partial charge in [-0.05, 0) is 11.6 Å². The van der Waals surface area contributed by atoms with Gasteiger partial charge in [0.05, 0.1) is 19.4 Å². The highest BCUT2D eigenvalue weighted by atomic mass is 16.5. The van der Waals surface area contributed by atoms with Gasteiger partial charge in [-0.3, -0.25) is 14.7 Å². The van der Waals surface area contributed by atoms with E-state index in [0.717, 1.165) is 26.2 Å². The van der Waals surface area contributed by atoms with E-state index in [1.807, 2.05) is 12.3 Å². The minimum Gasteiger partial charge on any atom is -0.380 e. The molecule has 4 heterocycles. The number of amides is 1. The number of likely N-dealkylation sites (tertiary alicyclic amines) is 1. The fraction of sp³-hybridized carbons (Fsp3) is 0.471. The molecule has 2 atom stereocenters. The minimum absolute atomic E-state index is 0.0299. The number of fused-ring (bicyclic) bond motifs is 1. The van der Waals surface area contributed by atoms with Gasteiger partial charge in [0.2, 0.25) is 5.76 Å². The Hall–Kier alpha value is -2.25. The van der Waals surface area contributed by atoms with Crippen molar-refractivity contribution in [2.24, 2.45) is 11.3 Å². The Balaban J connectivity index is 1.40. The van der Waals surface area contributed by atoms with Crippen molar-refractivity contribution in [1.29, 1.82) is 0 Å². The largest absolute Gasteiger partial charge is 0.380 e. The number of carbonyl (C=O) groups is 1. The van der Waals surface area contributed by atoms with E-state index < -0.39 is 0 Å². The molecule has 2 aliphatic heterocycles. The molecule has 7 nitrogen and oxygen atoms in total. The third-order valence-electron chi connectivity index (χ3n) is 4.98. The maximum absolute atomic E-state index is 12.1. The Morgan fingerprint density at radius 2 is 2.38 bits per heavy atom. The second-order valence-electron chi connectivity index (χ2n) is 6.66. The number of nitrogens with one attached hydrogen (secondary N) is 1. The molecule has 0 bridgehead atoms. The van der Waals surface area contributed by atoms with Crippen LogP contribution in [0.1, 0.15) is 16.1 Å². The van der Waals surface area contributed by atoms with E-state index in [9.17, 15) is 4.79 Å². The average Bonchev–Trinajstić information content (AvgIpc) is 3.29. The second-order valence-corrected chi connectivity index (χ2v) is 6.66. The van der Waals surface area contributed by atoms with Crippen molar-refractivity contribution in [2.75, 3.05) is 32.8 Å². The van der Waals surface area contributed by atoms with Gasteiger partial charge in [0.1, 0.15) is 0 Å². The third kappa shape index (κ3) is 2.92. The second kappa shape index (κ2) is 6.33. The standard InChI is InChI=1S/C17H20N4O3/c22-16(15-3-5-20-24-15)19-10-17-11-21(8-14(17)9-23-12-17)7-13-2-1-4-18-6-13/h1-6,14H,7-12H2,(H,19,22)/t14-,17+/m0/s1. The zero-order valence-electron chi connectivity index (χ0n) is 13.4. The van der Waals surface area contributed by atoms with E-state index >= 15 is 0 Å². The summed E-state index contributed by atoms with van der Waals surface area (Å²) < 4.78 is 10.6. The first-order chi connectivity index (χ1) is 11.8. The maximum atomic E-state index is 12.1. The fourth-order valence-corrected chi connectivity index (χ4v) is 3.74. The molecule has 0 aliphatic carbocycles. The molecule has 2 aromatic rings. The fourth-order valence-electron chi connectivity index (χ4n) is 3.74. The summed E-state index contributed by atoms with van der Waals surface area (Å²) in [6.45, 7) is 4.78. The molecule has 7 heteroatoms. The van der Waals surface area contributed by atoms with Crippen molar-refractivity contribution in [3.05, 3.63) is 48.1 Å². The third-order valence-corrected chi connectivity index (χ3v) is 4.98. The zero-order chi connectivity index (χ0) is 16.4. The quantitative estimate of drug-likeness (QED) is 0.880. The molecular weight excluding hydrogens is 308 g/mol. The van der Waals surface area contributed by atoms with Crippen LogP contribution in [0.2, 0.25) is 0 Å². The highest BCUT2D eigenvalue weighted by Gasteiger charge is 2.50. The zero-order valence-corrected chi connectivity index (χ0v) is 13.4. The lowest BCUT2D eigenvalue weighted by molar-refractivity contribution is 0.0869. The molecule has 2 aliphatic rings. The molecular formula is C17H20N4O3. The van der Waals surface area contributed by atoms with Crippen LogP contribution in [0.15, 0.2) is 41.3 Å². The van der Waals surface area contributed by atoms with Crippen LogP contribution in [0.3, 0.4) is 0 Å². The number of ether oxygens (including phenoxy) is 1. The van der Waals surface area contributed by atoms with Gasteiger partial charge in [-0.25, -0.2) is 0 Å². The predicted octanol–water partition coefficient (Wildman–Crippen LogP) is 0.948. The summed E-state index contributed by atoms with van der Waals surface area (Å²) in [5.41, 5.74) is 1.18. The summed E-state index contributed by atoms with van der Waals surface area (Å²) in [5.74, 6) is 0.453. The lowest BCUT2D eigenvalue weighted by Crippen LogP contribution is -2.43. The van der Waals surface area contributed by atoms with Gasteiger partial charge in [-0.15, -0.1) is 0 Å². The van der Waals surface area contributed by atoms with Gasteiger partial charge in [-0.1, -0.05) is 11.2 Å². The van der Waals surface area contributed by atoms with E-state index in [1.165, 1.54) is 11.8 Å². The Morgan fingerprint density at radius 1 is 1.42 bits per heavy atom. The summed E-state index contributed by atoms with van der Waals surface area (Å²) >= 11 is 0. The Morgan fingerprint density at radius 3 is 3.17 bits per heavy atom. The molecule has 1 amide bonds. The lowest BCUT2D eigenvalue weighted by atomic mass is 9.81. The molecule has 0 unspecified atom stereocenters. The minimum atomic E-state index is -0.224. The van der Waals surface area contributed by atoms with Crippen molar-refractivity contribution in [3.8, 4) is 0 Å². The van der Waals surface area contributed by atoms with E-state index in [-0.39, 0.29) is 17.1 Å². The van der Waals surface area contributed by atoms with Gasteiger partial charge < -0.3 is 14.6 Å². The van der Waals surface area contributed by atoms with E-state index in [4.69, 9.17) is 9.26 Å². The Labute approximate surface area is 140 Å². The molecule has 0 spiro atoms. The molecule has 0 radical (unpaired) electrons. The Kier molecular flexibility index (Phi) is 4.03. The first-order valence-electron chi connectivity index (χ1n) is 8.13. The number of aromatic nitrogens is 2. The normalized spacial score (nSPS) is 26.4. The van der Waals surface area contributed by atoms with Crippen LogP contribution < -0.4 is 5.32 Å². The van der Waals surface area contributed by atoms with Crippen LogP contribution >= 0.6 is 0 Å². The van der Waals surface area contributed by atoms with Gasteiger partial charge >= 0.3 is 0 Å². The molecule has 0 aromatic carbocycles. The van der Waals surface area contributed by atoms with E-state index in [0.29, 0.717) is 19.1 Å². The van der Waals surface area contributed by atoms with Gasteiger partial charge in [-0.2, -0.15) is 0 Å². The maximum Gasteiger partial charge on any atom is 0.289 e. The summed E-state index contributed by atoms with van der Waals surface area (Å²) in [6, 6.07) is 5.62. The van der Waals surface area contributed by atoms with E-state index in [2.05, 4.69) is 26.4 Å². The van der Waals surface area contributed by atoms with Crippen LogP contribution in [0.25, 0.3) is 0 Å². The summed E-state index contributed by atoms with van der Waals surface area (Å²) in [7, 11) is 0. The predicted molar refractivity (Wildman–Crippen MR) is 85.1 cm³/mol. The van der Waals surface area contributed by atoms with Crippen molar-refractivity contribution in [3.63, 3.8) is 0 Å². The number of hydrogen-bond acceptors (Lipinski definition) is 6. The molecule has 24 heavy (non-hydrogen) atoms. The number of rotatable bonds is 5. The first kappa shape index (κ1) is 15.3. The topological polar surface area (TPSA) is 80.5 Å². The molecule has 4 rings (SSSR count).